The largest absolute Gasteiger partial charge is 0.347 e. The van der Waals surface area contributed by atoms with E-state index in [1.807, 2.05) is 0 Å². The number of nitrogens with zero attached hydrogens (tertiary/aromatic N) is 3. The van der Waals surface area contributed by atoms with Crippen LogP contribution in [0.15, 0.2) is 23.2 Å². The molecular weight excluding hydrogens is 306 g/mol. The number of hydrogen-bond acceptors (Lipinski definition) is 6. The normalized spacial score (nSPS) is 32.3. The zero-order chi connectivity index (χ0) is 15.4. The van der Waals surface area contributed by atoms with Crippen LogP contribution >= 0.6 is 11.3 Å². The lowest BCUT2D eigenvalue weighted by atomic mass is 9.73. The molecule has 0 radical (unpaired) electrons. The number of rotatable bonds is 1. The van der Waals surface area contributed by atoms with Crippen molar-refractivity contribution in [1.29, 1.82) is 0 Å². The molecule has 5 nitrogen and oxygen atoms in total. The Kier molecular flexibility index (Phi) is 2.94. The molecular formula is C17H21N5S. The number of anilines is 1. The first-order valence-corrected chi connectivity index (χ1v) is 9.21. The van der Waals surface area contributed by atoms with E-state index < -0.39 is 0 Å². The minimum absolute atomic E-state index is 0.159. The molecule has 6 rings (SSSR count). The van der Waals surface area contributed by atoms with Crippen LogP contribution in [0.1, 0.15) is 18.4 Å². The zero-order valence-corrected chi connectivity index (χ0v) is 14.1. The number of guanidine groups is 1. The Morgan fingerprint density at radius 1 is 1.35 bits per heavy atom. The van der Waals surface area contributed by atoms with Crippen molar-refractivity contribution < 1.29 is 0 Å². The third-order valence-electron chi connectivity index (χ3n) is 5.53. The SMILES string of the molecule is Cc1ccc2nc(NC3=NCC4(CN5CCC4CC5)N3)sc2c1. The van der Waals surface area contributed by atoms with E-state index in [0.717, 1.165) is 35.6 Å². The van der Waals surface area contributed by atoms with Crippen molar-refractivity contribution in [2.45, 2.75) is 25.3 Å². The number of nitrogens with one attached hydrogen (secondary N) is 2. The van der Waals surface area contributed by atoms with E-state index >= 15 is 0 Å². The molecule has 0 saturated carbocycles. The van der Waals surface area contributed by atoms with Gasteiger partial charge in [0.15, 0.2) is 11.1 Å². The molecule has 120 valence electrons. The first-order chi connectivity index (χ1) is 11.2. The second-order valence-electron chi connectivity index (χ2n) is 7.11. The fraction of sp³-hybridized carbons (Fsp3) is 0.529. The summed E-state index contributed by atoms with van der Waals surface area (Å²) >= 11 is 1.70. The van der Waals surface area contributed by atoms with Gasteiger partial charge in [-0.05, 0) is 56.5 Å². The molecule has 4 aliphatic rings. The summed E-state index contributed by atoms with van der Waals surface area (Å²) in [5, 5.41) is 8.04. The van der Waals surface area contributed by atoms with Crippen molar-refractivity contribution in [3.8, 4) is 0 Å². The average molecular weight is 327 g/mol. The molecule has 1 aromatic carbocycles. The summed E-state index contributed by atoms with van der Waals surface area (Å²) in [6.07, 6.45) is 2.60. The van der Waals surface area contributed by atoms with Crippen LogP contribution in [0.4, 0.5) is 5.13 Å². The molecule has 1 spiro atoms. The minimum Gasteiger partial charge on any atom is -0.347 e. The van der Waals surface area contributed by atoms with Crippen LogP contribution in [0, 0.1) is 12.8 Å². The molecule has 1 unspecified atom stereocenters. The van der Waals surface area contributed by atoms with Gasteiger partial charge in [-0.25, -0.2) is 4.98 Å². The third-order valence-corrected chi connectivity index (χ3v) is 6.46. The first kappa shape index (κ1) is 13.7. The number of piperidine rings is 3. The smallest absolute Gasteiger partial charge is 0.198 e. The highest BCUT2D eigenvalue weighted by Gasteiger charge is 2.49. The van der Waals surface area contributed by atoms with Crippen molar-refractivity contribution in [3.05, 3.63) is 23.8 Å². The maximum absolute atomic E-state index is 4.75. The lowest BCUT2D eigenvalue weighted by molar-refractivity contribution is 0.0270. The predicted molar refractivity (Wildman–Crippen MR) is 95.3 cm³/mol. The molecule has 3 fully saturated rings. The lowest BCUT2D eigenvalue weighted by Gasteiger charge is -2.51. The van der Waals surface area contributed by atoms with Gasteiger partial charge in [0.1, 0.15) is 0 Å². The number of aromatic nitrogens is 1. The van der Waals surface area contributed by atoms with Gasteiger partial charge >= 0.3 is 0 Å². The summed E-state index contributed by atoms with van der Waals surface area (Å²) in [5.41, 5.74) is 2.49. The van der Waals surface area contributed by atoms with E-state index in [4.69, 9.17) is 4.99 Å². The van der Waals surface area contributed by atoms with Gasteiger partial charge in [-0.2, -0.15) is 0 Å². The second kappa shape index (κ2) is 4.92. The summed E-state index contributed by atoms with van der Waals surface area (Å²) in [5.74, 6) is 1.66. The van der Waals surface area contributed by atoms with Crippen LogP contribution in [0.3, 0.4) is 0 Å². The third kappa shape index (κ3) is 2.23. The van der Waals surface area contributed by atoms with Crippen molar-refractivity contribution in [1.82, 2.24) is 15.2 Å². The first-order valence-electron chi connectivity index (χ1n) is 8.39. The number of aliphatic imine (C=N–C) groups is 1. The fourth-order valence-electron chi connectivity index (χ4n) is 4.28. The van der Waals surface area contributed by atoms with E-state index in [9.17, 15) is 0 Å². The topological polar surface area (TPSA) is 52.6 Å². The molecule has 6 heteroatoms. The Morgan fingerprint density at radius 3 is 3.00 bits per heavy atom. The van der Waals surface area contributed by atoms with Crippen molar-refractivity contribution in [2.75, 3.05) is 31.5 Å². The van der Waals surface area contributed by atoms with Gasteiger partial charge in [-0.1, -0.05) is 17.4 Å². The maximum Gasteiger partial charge on any atom is 0.198 e. The monoisotopic (exact) mass is 327 g/mol. The quantitative estimate of drug-likeness (QED) is 0.845. The molecule has 0 aliphatic carbocycles. The number of benzene rings is 1. The highest BCUT2D eigenvalue weighted by atomic mass is 32.1. The molecule has 0 amide bonds. The van der Waals surface area contributed by atoms with Crippen molar-refractivity contribution >= 4 is 32.6 Å². The van der Waals surface area contributed by atoms with Gasteiger partial charge in [0.05, 0.1) is 22.3 Å². The molecule has 2 bridgehead atoms. The highest BCUT2D eigenvalue weighted by Crippen LogP contribution is 2.37. The second-order valence-corrected chi connectivity index (χ2v) is 8.14. The maximum atomic E-state index is 4.75. The highest BCUT2D eigenvalue weighted by molar-refractivity contribution is 7.22. The number of aryl methyl sites for hydroxylation is 1. The van der Waals surface area contributed by atoms with Gasteiger partial charge in [-0.15, -0.1) is 0 Å². The summed E-state index contributed by atoms with van der Waals surface area (Å²) < 4.78 is 1.23. The Morgan fingerprint density at radius 2 is 2.22 bits per heavy atom. The van der Waals surface area contributed by atoms with Crippen LogP contribution in [0.25, 0.3) is 10.2 Å². The molecule has 1 atom stereocenters. The van der Waals surface area contributed by atoms with Crippen LogP contribution in [-0.2, 0) is 0 Å². The van der Waals surface area contributed by atoms with E-state index in [-0.39, 0.29) is 5.54 Å². The number of hydrogen-bond donors (Lipinski definition) is 2. The van der Waals surface area contributed by atoms with Crippen molar-refractivity contribution in [2.24, 2.45) is 10.9 Å². The van der Waals surface area contributed by atoms with Crippen LogP contribution in [-0.4, -0.2) is 47.6 Å². The van der Waals surface area contributed by atoms with E-state index in [0.29, 0.717) is 0 Å². The standard InChI is InChI=1S/C17H21N5S/c1-11-2-3-13-14(8-11)23-16(19-13)20-15-18-9-17(21-15)10-22-6-4-12(17)5-7-22/h2-3,8,12H,4-7,9-10H2,1H3,(H2,18,19,20,21). The van der Waals surface area contributed by atoms with Gasteiger partial charge in [0.25, 0.3) is 0 Å². The Bertz CT molecular complexity index is 789. The predicted octanol–water partition coefficient (Wildman–Crippen LogP) is 2.44. The van der Waals surface area contributed by atoms with Crippen LogP contribution < -0.4 is 10.6 Å². The zero-order valence-electron chi connectivity index (χ0n) is 13.3. The molecule has 23 heavy (non-hydrogen) atoms. The van der Waals surface area contributed by atoms with Crippen LogP contribution in [0.5, 0.6) is 0 Å². The molecule has 5 heterocycles. The molecule has 4 aliphatic heterocycles. The Labute approximate surface area is 139 Å². The fourth-order valence-corrected chi connectivity index (χ4v) is 5.25. The van der Waals surface area contributed by atoms with E-state index in [1.165, 1.54) is 36.2 Å². The Hall–Kier alpha value is -1.66. The Balaban J connectivity index is 1.35. The molecule has 2 N–H and O–H groups in total. The van der Waals surface area contributed by atoms with Crippen LogP contribution in [0.2, 0.25) is 0 Å². The minimum atomic E-state index is 0.159. The molecule has 1 aromatic heterocycles. The molecule has 3 saturated heterocycles. The van der Waals surface area contributed by atoms with E-state index in [1.54, 1.807) is 11.3 Å². The summed E-state index contributed by atoms with van der Waals surface area (Å²) in [4.78, 5) is 12.0. The summed E-state index contributed by atoms with van der Waals surface area (Å²) in [6.45, 7) is 6.65. The number of fused-ring (bicyclic) bond motifs is 3. The van der Waals surface area contributed by atoms with Gasteiger partial charge in [0.2, 0.25) is 0 Å². The van der Waals surface area contributed by atoms with E-state index in [2.05, 4.69) is 45.6 Å². The van der Waals surface area contributed by atoms with Crippen molar-refractivity contribution in [3.63, 3.8) is 0 Å². The van der Waals surface area contributed by atoms with Gasteiger partial charge in [-0.3, -0.25) is 4.99 Å². The number of thiazole rings is 1. The molecule has 2 aromatic rings. The van der Waals surface area contributed by atoms with Gasteiger partial charge in [0, 0.05) is 6.54 Å². The summed E-state index contributed by atoms with van der Waals surface area (Å²) in [7, 11) is 0. The summed E-state index contributed by atoms with van der Waals surface area (Å²) in [6, 6.07) is 6.39. The average Bonchev–Trinajstić information content (AvgIpc) is 3.12. The lowest BCUT2D eigenvalue weighted by Crippen LogP contribution is -2.66. The van der Waals surface area contributed by atoms with Gasteiger partial charge < -0.3 is 15.5 Å².